The lowest BCUT2D eigenvalue weighted by Gasteiger charge is -2.26. The Hall–Kier alpha value is -3.53. The van der Waals surface area contributed by atoms with E-state index in [4.69, 9.17) is 9.47 Å². The number of rotatable bonds is 9. The van der Waals surface area contributed by atoms with Gasteiger partial charge in [0.2, 0.25) is 5.88 Å². The summed E-state index contributed by atoms with van der Waals surface area (Å²) in [6, 6.07) is 11.5. The second kappa shape index (κ2) is 10.4. The predicted octanol–water partition coefficient (Wildman–Crippen LogP) is 4.37. The van der Waals surface area contributed by atoms with E-state index in [1.165, 1.54) is 42.6 Å². The van der Waals surface area contributed by atoms with E-state index in [-0.39, 0.29) is 28.5 Å². The number of carbonyl (C=O) groups is 1. The fourth-order valence-corrected chi connectivity index (χ4v) is 4.22. The molecule has 8 nitrogen and oxygen atoms in total. The number of hydrogen-bond donors (Lipinski definition) is 1. The molecule has 0 unspecified atom stereocenters. The van der Waals surface area contributed by atoms with Gasteiger partial charge in [0.25, 0.3) is 15.9 Å². The van der Waals surface area contributed by atoms with Gasteiger partial charge in [-0.2, -0.15) is 8.42 Å². The molecule has 0 atom stereocenters. The molecule has 4 rings (SSSR count). The molecule has 0 bridgehead atoms. The van der Waals surface area contributed by atoms with Crippen molar-refractivity contribution in [1.29, 1.82) is 0 Å². The number of halogens is 1. The summed E-state index contributed by atoms with van der Waals surface area (Å²) in [5.41, 5.74) is 0.750. The van der Waals surface area contributed by atoms with E-state index in [9.17, 15) is 17.6 Å². The highest BCUT2D eigenvalue weighted by Crippen LogP contribution is 2.31. The number of aromatic nitrogens is 2. The Labute approximate surface area is 203 Å². The topological polar surface area (TPSA) is 107 Å². The number of hydrogen-bond acceptors (Lipinski definition) is 7. The van der Waals surface area contributed by atoms with E-state index in [0.717, 1.165) is 19.3 Å². The van der Waals surface area contributed by atoms with Gasteiger partial charge in [-0.25, -0.2) is 19.1 Å². The van der Waals surface area contributed by atoms with E-state index >= 15 is 0 Å². The van der Waals surface area contributed by atoms with Gasteiger partial charge in [-0.15, -0.1) is 0 Å². The number of benzene rings is 1. The lowest BCUT2D eigenvalue weighted by molar-refractivity contribution is 0.0944. The van der Waals surface area contributed by atoms with Crippen LogP contribution in [0, 0.1) is 11.7 Å². The van der Waals surface area contributed by atoms with Gasteiger partial charge in [0, 0.05) is 17.8 Å². The molecule has 184 valence electrons. The Balaban J connectivity index is 1.65. The first-order valence-electron chi connectivity index (χ1n) is 11.3. The van der Waals surface area contributed by atoms with Crippen molar-refractivity contribution in [3.8, 4) is 22.9 Å². The summed E-state index contributed by atoms with van der Waals surface area (Å²) in [5, 5.41) is -0.284. The third-order valence-corrected chi connectivity index (χ3v) is 6.57. The Bertz CT molecular complexity index is 1310. The SMILES string of the molecule is CC(C)COc1cc(F)cc(-c2ccc(C(=O)NS(=O)(=O)c3ccccn3)c(OC3CCC3)n2)c1. The molecule has 0 aliphatic heterocycles. The van der Waals surface area contributed by atoms with Crippen LogP contribution in [0.2, 0.25) is 0 Å². The van der Waals surface area contributed by atoms with Crippen molar-refractivity contribution >= 4 is 15.9 Å². The molecule has 35 heavy (non-hydrogen) atoms. The molecule has 0 radical (unpaired) electrons. The normalized spacial score (nSPS) is 13.8. The second-order valence-corrected chi connectivity index (χ2v) is 10.3. The maximum Gasteiger partial charge on any atom is 0.281 e. The third kappa shape index (κ3) is 6.13. The van der Waals surface area contributed by atoms with Crippen LogP contribution in [0.5, 0.6) is 11.6 Å². The Morgan fingerprint density at radius 1 is 1.17 bits per heavy atom. The molecular weight excluding hydrogens is 473 g/mol. The molecular formula is C25H26FN3O5S. The second-order valence-electron chi connectivity index (χ2n) is 8.70. The first-order chi connectivity index (χ1) is 16.7. The van der Waals surface area contributed by atoms with Gasteiger partial charge in [-0.3, -0.25) is 4.79 Å². The smallest absolute Gasteiger partial charge is 0.281 e. The van der Waals surface area contributed by atoms with Gasteiger partial charge >= 0.3 is 0 Å². The Kier molecular flexibility index (Phi) is 7.30. The van der Waals surface area contributed by atoms with E-state index in [1.807, 2.05) is 18.6 Å². The number of sulfonamides is 1. The van der Waals surface area contributed by atoms with Gasteiger partial charge in [0.05, 0.1) is 12.3 Å². The average molecular weight is 500 g/mol. The zero-order valence-electron chi connectivity index (χ0n) is 19.4. The molecule has 3 aromatic rings. The van der Waals surface area contributed by atoms with Crippen molar-refractivity contribution in [2.75, 3.05) is 6.61 Å². The van der Waals surface area contributed by atoms with Gasteiger partial charge in [-0.1, -0.05) is 19.9 Å². The summed E-state index contributed by atoms with van der Waals surface area (Å²) >= 11 is 0. The van der Waals surface area contributed by atoms with Crippen LogP contribution < -0.4 is 14.2 Å². The van der Waals surface area contributed by atoms with Crippen molar-refractivity contribution < 1.29 is 27.1 Å². The highest BCUT2D eigenvalue weighted by Gasteiger charge is 2.27. The highest BCUT2D eigenvalue weighted by molar-refractivity contribution is 7.90. The van der Waals surface area contributed by atoms with E-state index in [1.54, 1.807) is 12.1 Å². The highest BCUT2D eigenvalue weighted by atomic mass is 32.2. The molecule has 2 heterocycles. The van der Waals surface area contributed by atoms with Gasteiger partial charge in [0.1, 0.15) is 23.2 Å². The standard InChI is InChI=1S/C25H26FN3O5S/c1-16(2)15-33-20-13-17(12-18(26)14-20)22-10-9-21(25(28-22)34-19-6-5-7-19)24(30)29-35(31,32)23-8-3-4-11-27-23/h3-4,8-14,16,19H,5-7,15H2,1-2H3,(H,29,30). The van der Waals surface area contributed by atoms with E-state index < -0.39 is 21.7 Å². The fraction of sp³-hybridized carbons (Fsp3) is 0.320. The minimum atomic E-state index is -4.19. The summed E-state index contributed by atoms with van der Waals surface area (Å²) in [5.74, 6) is -0.783. The minimum Gasteiger partial charge on any atom is -0.493 e. The van der Waals surface area contributed by atoms with Crippen molar-refractivity contribution in [2.45, 2.75) is 44.2 Å². The van der Waals surface area contributed by atoms with Crippen LogP contribution in [0.4, 0.5) is 4.39 Å². The van der Waals surface area contributed by atoms with Crippen LogP contribution in [0.3, 0.4) is 0 Å². The fourth-order valence-electron chi connectivity index (χ4n) is 3.30. The maximum absolute atomic E-state index is 14.3. The average Bonchev–Trinajstić information content (AvgIpc) is 2.80. The summed E-state index contributed by atoms with van der Waals surface area (Å²) in [6.07, 6.45) is 3.77. The van der Waals surface area contributed by atoms with Crippen LogP contribution in [0.25, 0.3) is 11.3 Å². The molecule has 0 saturated heterocycles. The minimum absolute atomic E-state index is 0.0187. The maximum atomic E-state index is 14.3. The van der Waals surface area contributed by atoms with E-state index in [2.05, 4.69) is 9.97 Å². The van der Waals surface area contributed by atoms with Crippen molar-refractivity contribution in [3.05, 3.63) is 66.1 Å². The molecule has 1 aliphatic rings. The molecule has 2 aromatic heterocycles. The molecule has 0 spiro atoms. The molecule has 10 heteroatoms. The number of nitrogens with zero attached hydrogens (tertiary/aromatic N) is 2. The largest absolute Gasteiger partial charge is 0.493 e. The molecule has 1 amide bonds. The van der Waals surface area contributed by atoms with Crippen LogP contribution >= 0.6 is 0 Å². The lowest BCUT2D eigenvalue weighted by Crippen LogP contribution is -2.32. The van der Waals surface area contributed by atoms with Crippen LogP contribution in [0.15, 0.2) is 59.8 Å². The lowest BCUT2D eigenvalue weighted by atomic mass is 9.96. The molecule has 1 fully saturated rings. The molecule has 1 aromatic carbocycles. The molecule has 1 N–H and O–H groups in total. The number of ether oxygens (including phenoxy) is 2. The van der Waals surface area contributed by atoms with Crippen molar-refractivity contribution in [2.24, 2.45) is 5.92 Å². The summed E-state index contributed by atoms with van der Waals surface area (Å²) in [4.78, 5) is 21.2. The van der Waals surface area contributed by atoms with Crippen LogP contribution in [-0.4, -0.2) is 37.0 Å². The number of amides is 1. The third-order valence-electron chi connectivity index (χ3n) is 5.33. The van der Waals surface area contributed by atoms with Gasteiger partial charge < -0.3 is 9.47 Å². The summed E-state index contributed by atoms with van der Waals surface area (Å²) in [7, 11) is -4.19. The Morgan fingerprint density at radius 2 is 1.97 bits per heavy atom. The predicted molar refractivity (Wildman–Crippen MR) is 127 cm³/mol. The first-order valence-corrected chi connectivity index (χ1v) is 12.8. The van der Waals surface area contributed by atoms with Crippen LogP contribution in [-0.2, 0) is 10.0 Å². The van der Waals surface area contributed by atoms with Gasteiger partial charge in [0.15, 0.2) is 5.03 Å². The number of pyridine rings is 2. The van der Waals surface area contributed by atoms with Crippen LogP contribution in [0.1, 0.15) is 43.5 Å². The summed E-state index contributed by atoms with van der Waals surface area (Å²) in [6.45, 7) is 4.41. The monoisotopic (exact) mass is 499 g/mol. The number of nitrogens with one attached hydrogen (secondary N) is 1. The van der Waals surface area contributed by atoms with E-state index in [0.29, 0.717) is 23.6 Å². The molecule has 1 saturated carbocycles. The quantitative estimate of drug-likeness (QED) is 0.466. The van der Waals surface area contributed by atoms with Gasteiger partial charge in [-0.05, 0) is 61.6 Å². The first kappa shape index (κ1) is 24.6. The van der Waals surface area contributed by atoms with Crippen molar-refractivity contribution in [3.63, 3.8) is 0 Å². The zero-order chi connectivity index (χ0) is 25.0. The Morgan fingerprint density at radius 3 is 2.63 bits per heavy atom. The molecule has 1 aliphatic carbocycles. The summed E-state index contributed by atoms with van der Waals surface area (Å²) < 4.78 is 53.0. The zero-order valence-corrected chi connectivity index (χ0v) is 20.2. The number of carbonyl (C=O) groups excluding carboxylic acids is 1. The van der Waals surface area contributed by atoms with Crippen molar-refractivity contribution in [1.82, 2.24) is 14.7 Å².